The Bertz CT molecular complexity index is 456. The summed E-state index contributed by atoms with van der Waals surface area (Å²) in [4.78, 5) is 14.5. The molecule has 1 saturated heterocycles. The van der Waals surface area contributed by atoms with Crippen LogP contribution in [0.1, 0.15) is 15.9 Å². The summed E-state index contributed by atoms with van der Waals surface area (Å²) in [6.45, 7) is 6.99. The number of anilines is 1. The maximum absolute atomic E-state index is 12.2. The molecule has 1 aromatic rings. The highest BCUT2D eigenvalue weighted by Crippen LogP contribution is 2.16. The molecular formula is C15H23N3O2. The Kier molecular flexibility index (Phi) is 5.38. The van der Waals surface area contributed by atoms with Gasteiger partial charge in [-0.15, -0.1) is 0 Å². The summed E-state index contributed by atoms with van der Waals surface area (Å²) in [5.41, 5.74) is 2.65. The van der Waals surface area contributed by atoms with Crippen molar-refractivity contribution in [1.82, 2.24) is 10.2 Å². The Morgan fingerprint density at radius 3 is 2.80 bits per heavy atom. The Morgan fingerprint density at radius 1 is 1.35 bits per heavy atom. The standard InChI is InChI=1S/C15H23N3O2/c1-12-3-4-14(16-2)13(11-12)15(19)17-5-6-18-7-9-20-10-8-18/h3-4,11,16H,5-10H2,1-2H3,(H,17,19). The molecule has 20 heavy (non-hydrogen) atoms. The van der Waals surface area contributed by atoms with Crippen LogP contribution in [0.3, 0.4) is 0 Å². The molecule has 110 valence electrons. The normalized spacial score (nSPS) is 15.9. The van der Waals surface area contributed by atoms with Gasteiger partial charge in [0.05, 0.1) is 18.8 Å². The highest BCUT2D eigenvalue weighted by molar-refractivity contribution is 5.99. The minimum absolute atomic E-state index is 0.0219. The monoisotopic (exact) mass is 277 g/mol. The number of ether oxygens (including phenoxy) is 1. The van der Waals surface area contributed by atoms with Crippen LogP contribution in [0.5, 0.6) is 0 Å². The molecule has 0 spiro atoms. The van der Waals surface area contributed by atoms with Crippen molar-refractivity contribution in [1.29, 1.82) is 0 Å². The fourth-order valence-electron chi connectivity index (χ4n) is 2.31. The minimum Gasteiger partial charge on any atom is -0.387 e. The number of aryl methyl sites for hydroxylation is 1. The Balaban J connectivity index is 1.86. The molecule has 0 atom stereocenters. The highest BCUT2D eigenvalue weighted by atomic mass is 16.5. The molecule has 1 fully saturated rings. The van der Waals surface area contributed by atoms with E-state index >= 15 is 0 Å². The first-order valence-corrected chi connectivity index (χ1v) is 7.07. The number of nitrogens with one attached hydrogen (secondary N) is 2. The molecule has 0 saturated carbocycles. The molecule has 2 N–H and O–H groups in total. The number of hydrogen-bond acceptors (Lipinski definition) is 4. The fourth-order valence-corrected chi connectivity index (χ4v) is 2.31. The SMILES string of the molecule is CNc1ccc(C)cc1C(=O)NCCN1CCOCC1. The molecule has 0 aliphatic carbocycles. The summed E-state index contributed by atoms with van der Waals surface area (Å²) < 4.78 is 5.30. The maximum atomic E-state index is 12.2. The molecule has 0 aromatic heterocycles. The quantitative estimate of drug-likeness (QED) is 0.846. The second-order valence-corrected chi connectivity index (χ2v) is 5.01. The number of carbonyl (C=O) groups excluding carboxylic acids is 1. The molecule has 5 heteroatoms. The predicted molar refractivity (Wildman–Crippen MR) is 80.3 cm³/mol. The average molecular weight is 277 g/mol. The summed E-state index contributed by atoms with van der Waals surface area (Å²) in [5, 5.41) is 6.04. The van der Waals surface area contributed by atoms with E-state index in [0.29, 0.717) is 12.1 Å². The second kappa shape index (κ2) is 7.26. The van der Waals surface area contributed by atoms with Crippen molar-refractivity contribution in [2.75, 3.05) is 51.8 Å². The van der Waals surface area contributed by atoms with E-state index in [1.165, 1.54) is 0 Å². The molecule has 5 nitrogen and oxygen atoms in total. The summed E-state index contributed by atoms with van der Waals surface area (Å²) in [6.07, 6.45) is 0. The summed E-state index contributed by atoms with van der Waals surface area (Å²) >= 11 is 0. The Hall–Kier alpha value is -1.59. The molecule has 1 amide bonds. The van der Waals surface area contributed by atoms with E-state index in [1.807, 2.05) is 32.2 Å². The van der Waals surface area contributed by atoms with Gasteiger partial charge in [0.15, 0.2) is 0 Å². The molecule has 1 aliphatic rings. The lowest BCUT2D eigenvalue weighted by Crippen LogP contribution is -2.41. The van der Waals surface area contributed by atoms with E-state index < -0.39 is 0 Å². The van der Waals surface area contributed by atoms with Crippen LogP contribution in [0.4, 0.5) is 5.69 Å². The number of morpholine rings is 1. The van der Waals surface area contributed by atoms with Crippen molar-refractivity contribution in [3.63, 3.8) is 0 Å². The third-order valence-electron chi connectivity index (χ3n) is 3.51. The molecular weight excluding hydrogens is 254 g/mol. The third-order valence-corrected chi connectivity index (χ3v) is 3.51. The Labute approximate surface area is 120 Å². The zero-order valence-corrected chi connectivity index (χ0v) is 12.2. The third kappa shape index (κ3) is 3.95. The molecule has 0 bridgehead atoms. The number of amides is 1. The van der Waals surface area contributed by atoms with Gasteiger partial charge in [-0.25, -0.2) is 0 Å². The average Bonchev–Trinajstić information content (AvgIpc) is 2.48. The lowest BCUT2D eigenvalue weighted by atomic mass is 10.1. The smallest absolute Gasteiger partial charge is 0.253 e. The van der Waals surface area contributed by atoms with Crippen molar-refractivity contribution in [2.45, 2.75) is 6.92 Å². The molecule has 1 aliphatic heterocycles. The molecule has 1 aromatic carbocycles. The van der Waals surface area contributed by atoms with Gasteiger partial charge >= 0.3 is 0 Å². The van der Waals surface area contributed by atoms with Crippen molar-refractivity contribution < 1.29 is 9.53 Å². The van der Waals surface area contributed by atoms with Crippen LogP contribution in [0.25, 0.3) is 0 Å². The van der Waals surface area contributed by atoms with E-state index in [4.69, 9.17) is 4.74 Å². The first kappa shape index (κ1) is 14.8. The van der Waals surface area contributed by atoms with E-state index in [0.717, 1.165) is 44.1 Å². The number of nitrogens with zero attached hydrogens (tertiary/aromatic N) is 1. The van der Waals surface area contributed by atoms with Gasteiger partial charge in [0.25, 0.3) is 5.91 Å². The summed E-state index contributed by atoms with van der Waals surface area (Å²) in [7, 11) is 1.83. The number of rotatable bonds is 5. The van der Waals surface area contributed by atoms with Gasteiger partial charge in [0.1, 0.15) is 0 Å². The lowest BCUT2D eigenvalue weighted by Gasteiger charge is -2.26. The minimum atomic E-state index is -0.0219. The van der Waals surface area contributed by atoms with Crippen molar-refractivity contribution >= 4 is 11.6 Å². The van der Waals surface area contributed by atoms with Gasteiger partial charge in [-0.3, -0.25) is 9.69 Å². The topological polar surface area (TPSA) is 53.6 Å². The summed E-state index contributed by atoms with van der Waals surface area (Å²) in [6, 6.07) is 5.85. The zero-order chi connectivity index (χ0) is 14.4. The molecule has 1 heterocycles. The number of hydrogen-bond donors (Lipinski definition) is 2. The van der Waals surface area contributed by atoms with Crippen molar-refractivity contribution in [3.05, 3.63) is 29.3 Å². The fraction of sp³-hybridized carbons (Fsp3) is 0.533. The van der Waals surface area contributed by atoms with Crippen LogP contribution >= 0.6 is 0 Å². The lowest BCUT2D eigenvalue weighted by molar-refractivity contribution is 0.0383. The highest BCUT2D eigenvalue weighted by Gasteiger charge is 2.13. The van der Waals surface area contributed by atoms with Gasteiger partial charge in [-0.1, -0.05) is 11.6 Å². The van der Waals surface area contributed by atoms with Gasteiger partial charge in [-0.2, -0.15) is 0 Å². The van der Waals surface area contributed by atoms with E-state index in [1.54, 1.807) is 0 Å². The number of carbonyl (C=O) groups is 1. The van der Waals surface area contributed by atoms with Crippen LogP contribution in [-0.4, -0.2) is 57.2 Å². The van der Waals surface area contributed by atoms with E-state index in [-0.39, 0.29) is 5.91 Å². The first-order valence-electron chi connectivity index (χ1n) is 7.07. The van der Waals surface area contributed by atoms with Crippen LogP contribution in [0.15, 0.2) is 18.2 Å². The molecule has 2 rings (SSSR count). The van der Waals surface area contributed by atoms with Crippen LogP contribution in [-0.2, 0) is 4.74 Å². The maximum Gasteiger partial charge on any atom is 0.253 e. The second-order valence-electron chi connectivity index (χ2n) is 5.01. The van der Waals surface area contributed by atoms with Gasteiger partial charge in [0, 0.05) is 38.9 Å². The van der Waals surface area contributed by atoms with Crippen LogP contribution in [0, 0.1) is 6.92 Å². The largest absolute Gasteiger partial charge is 0.387 e. The van der Waals surface area contributed by atoms with Crippen LogP contribution < -0.4 is 10.6 Å². The number of benzene rings is 1. The van der Waals surface area contributed by atoms with E-state index in [9.17, 15) is 4.79 Å². The van der Waals surface area contributed by atoms with Gasteiger partial charge in [0.2, 0.25) is 0 Å². The van der Waals surface area contributed by atoms with Crippen LogP contribution in [0.2, 0.25) is 0 Å². The Morgan fingerprint density at radius 2 is 2.10 bits per heavy atom. The zero-order valence-electron chi connectivity index (χ0n) is 12.2. The predicted octanol–water partition coefficient (Wildman–Crippen LogP) is 1.10. The van der Waals surface area contributed by atoms with Gasteiger partial charge in [-0.05, 0) is 19.1 Å². The van der Waals surface area contributed by atoms with Crippen molar-refractivity contribution in [3.8, 4) is 0 Å². The first-order chi connectivity index (χ1) is 9.70. The summed E-state index contributed by atoms with van der Waals surface area (Å²) in [5.74, 6) is -0.0219. The van der Waals surface area contributed by atoms with E-state index in [2.05, 4.69) is 15.5 Å². The van der Waals surface area contributed by atoms with Crippen molar-refractivity contribution in [2.24, 2.45) is 0 Å². The molecule has 0 unspecified atom stereocenters. The molecule has 0 radical (unpaired) electrons. The van der Waals surface area contributed by atoms with Gasteiger partial charge < -0.3 is 15.4 Å².